The average Bonchev–Trinajstić information content (AvgIpc) is 2.03. The number of hydrogen-bond donors (Lipinski definition) is 1. The van der Waals surface area contributed by atoms with Crippen molar-refractivity contribution in [3.05, 3.63) is 39.4 Å². The van der Waals surface area contributed by atoms with Crippen molar-refractivity contribution in [1.29, 1.82) is 0 Å². The van der Waals surface area contributed by atoms with Crippen LogP contribution in [-0.4, -0.2) is 9.97 Å². The minimum absolute atomic E-state index is 0.0967. The maximum Gasteiger partial charge on any atom is 0.248 e. The highest BCUT2D eigenvalue weighted by Gasteiger charge is 1.94. The molecule has 60 valence electrons. The Kier molecular flexibility index (Phi) is 1.69. The number of H-pyrrole nitrogens is 1. The fourth-order valence-corrected chi connectivity index (χ4v) is 1.35. The number of aromatic amines is 1. The van der Waals surface area contributed by atoms with Gasteiger partial charge in [0.1, 0.15) is 4.60 Å². The summed E-state index contributed by atoms with van der Waals surface area (Å²) in [6, 6.07) is 5.00. The molecule has 0 amide bonds. The Hall–Kier alpha value is -1.16. The monoisotopic (exact) mass is 224 g/mol. The number of aromatic nitrogens is 2. The number of pyridine rings is 2. The smallest absolute Gasteiger partial charge is 0.248 e. The van der Waals surface area contributed by atoms with E-state index in [9.17, 15) is 4.79 Å². The van der Waals surface area contributed by atoms with Crippen LogP contribution >= 0.6 is 15.9 Å². The first-order chi connectivity index (χ1) is 5.75. The zero-order chi connectivity index (χ0) is 8.55. The lowest BCUT2D eigenvalue weighted by Crippen LogP contribution is -2.02. The Bertz CT molecular complexity index is 478. The minimum atomic E-state index is -0.0967. The van der Waals surface area contributed by atoms with E-state index in [4.69, 9.17) is 0 Å². The molecule has 0 saturated heterocycles. The summed E-state index contributed by atoms with van der Waals surface area (Å²) < 4.78 is 0.719. The minimum Gasteiger partial charge on any atom is -0.322 e. The number of hydrogen-bond acceptors (Lipinski definition) is 2. The molecule has 2 aromatic heterocycles. The molecule has 0 spiro atoms. The lowest BCUT2D eigenvalue weighted by atomic mass is 10.3. The summed E-state index contributed by atoms with van der Waals surface area (Å²) in [6.45, 7) is 0. The van der Waals surface area contributed by atoms with Crippen LogP contribution in [0.4, 0.5) is 0 Å². The normalized spacial score (nSPS) is 10.4. The predicted octanol–water partition coefficient (Wildman–Crippen LogP) is 1.69. The van der Waals surface area contributed by atoms with E-state index >= 15 is 0 Å². The molecule has 0 aliphatic carbocycles. The first kappa shape index (κ1) is 7.49. The Morgan fingerprint density at radius 2 is 2.25 bits per heavy atom. The second-order valence-corrected chi connectivity index (χ2v) is 3.23. The van der Waals surface area contributed by atoms with Crippen molar-refractivity contribution >= 4 is 26.8 Å². The SMILES string of the molecule is O=c1ccc2cnc(Br)cc2[nH]1. The first-order valence-corrected chi connectivity index (χ1v) is 4.19. The molecule has 0 unspecified atom stereocenters. The van der Waals surface area contributed by atoms with Crippen molar-refractivity contribution in [2.24, 2.45) is 0 Å². The largest absolute Gasteiger partial charge is 0.322 e. The van der Waals surface area contributed by atoms with Crippen LogP contribution in [0.1, 0.15) is 0 Å². The fourth-order valence-electron chi connectivity index (χ4n) is 1.02. The van der Waals surface area contributed by atoms with Crippen LogP contribution < -0.4 is 5.56 Å². The van der Waals surface area contributed by atoms with Crippen LogP contribution in [0.2, 0.25) is 0 Å². The highest BCUT2D eigenvalue weighted by molar-refractivity contribution is 9.10. The van der Waals surface area contributed by atoms with Gasteiger partial charge in [-0.25, -0.2) is 4.98 Å². The molecule has 0 aromatic carbocycles. The van der Waals surface area contributed by atoms with Gasteiger partial charge < -0.3 is 4.98 Å². The molecule has 1 N–H and O–H groups in total. The molecule has 0 bridgehead atoms. The average molecular weight is 225 g/mol. The van der Waals surface area contributed by atoms with Gasteiger partial charge >= 0.3 is 0 Å². The molecule has 2 heterocycles. The summed E-state index contributed by atoms with van der Waals surface area (Å²) in [6.07, 6.45) is 1.70. The van der Waals surface area contributed by atoms with Crippen LogP contribution in [0.25, 0.3) is 10.9 Å². The molecule has 0 fully saturated rings. The van der Waals surface area contributed by atoms with E-state index in [0.29, 0.717) is 0 Å². The third-order valence-corrected chi connectivity index (χ3v) is 2.01. The van der Waals surface area contributed by atoms with Gasteiger partial charge in [-0.1, -0.05) is 0 Å². The lowest BCUT2D eigenvalue weighted by molar-refractivity contribution is 1.25. The second-order valence-electron chi connectivity index (χ2n) is 2.42. The molecule has 0 saturated carbocycles. The van der Waals surface area contributed by atoms with E-state index in [1.807, 2.05) is 0 Å². The number of nitrogens with zero attached hydrogens (tertiary/aromatic N) is 1. The summed E-state index contributed by atoms with van der Waals surface area (Å²) >= 11 is 3.22. The first-order valence-electron chi connectivity index (χ1n) is 3.40. The van der Waals surface area contributed by atoms with Gasteiger partial charge in [-0.05, 0) is 28.1 Å². The van der Waals surface area contributed by atoms with E-state index < -0.39 is 0 Å². The molecule has 0 radical (unpaired) electrons. The van der Waals surface area contributed by atoms with E-state index in [-0.39, 0.29) is 5.56 Å². The summed E-state index contributed by atoms with van der Waals surface area (Å²) in [5.74, 6) is 0. The summed E-state index contributed by atoms with van der Waals surface area (Å²) in [5, 5.41) is 0.929. The van der Waals surface area contributed by atoms with Gasteiger partial charge in [-0.3, -0.25) is 4.79 Å². The van der Waals surface area contributed by atoms with Crippen LogP contribution in [0.15, 0.2) is 33.8 Å². The van der Waals surface area contributed by atoms with Crippen LogP contribution in [0.3, 0.4) is 0 Å². The molecular formula is C8H5BrN2O. The molecule has 0 aliphatic heterocycles. The highest BCUT2D eigenvalue weighted by Crippen LogP contribution is 2.12. The topological polar surface area (TPSA) is 45.8 Å². The zero-order valence-corrected chi connectivity index (χ0v) is 7.63. The van der Waals surface area contributed by atoms with Gasteiger partial charge in [0.2, 0.25) is 5.56 Å². The predicted molar refractivity (Wildman–Crippen MR) is 50.1 cm³/mol. The van der Waals surface area contributed by atoms with Gasteiger partial charge in [0.05, 0.1) is 5.52 Å². The van der Waals surface area contributed by atoms with Crippen molar-refractivity contribution in [2.45, 2.75) is 0 Å². The van der Waals surface area contributed by atoms with Gasteiger partial charge in [0.15, 0.2) is 0 Å². The highest BCUT2D eigenvalue weighted by atomic mass is 79.9. The standard InChI is InChI=1S/C8H5BrN2O/c9-7-3-6-5(4-10-7)1-2-8(12)11-6/h1-4H,(H,11,12). The van der Waals surface area contributed by atoms with E-state index in [2.05, 4.69) is 25.9 Å². The molecule has 2 aromatic rings. The van der Waals surface area contributed by atoms with Crippen LogP contribution in [0.5, 0.6) is 0 Å². The van der Waals surface area contributed by atoms with Gasteiger partial charge in [-0.15, -0.1) is 0 Å². The Labute approximate surface area is 76.6 Å². The van der Waals surface area contributed by atoms with Crippen molar-refractivity contribution in [2.75, 3.05) is 0 Å². The summed E-state index contributed by atoms with van der Waals surface area (Å²) in [7, 11) is 0. The molecule has 0 atom stereocenters. The Morgan fingerprint density at radius 1 is 1.42 bits per heavy atom. The maximum absolute atomic E-state index is 10.9. The van der Waals surface area contributed by atoms with E-state index in [0.717, 1.165) is 15.5 Å². The van der Waals surface area contributed by atoms with Crippen molar-refractivity contribution < 1.29 is 0 Å². The molecule has 2 rings (SSSR count). The number of rotatable bonds is 0. The van der Waals surface area contributed by atoms with Crippen molar-refractivity contribution in [3.8, 4) is 0 Å². The quantitative estimate of drug-likeness (QED) is 0.693. The second kappa shape index (κ2) is 2.71. The van der Waals surface area contributed by atoms with Gasteiger partial charge in [0.25, 0.3) is 0 Å². The Balaban J connectivity index is 2.89. The van der Waals surface area contributed by atoms with Crippen molar-refractivity contribution in [1.82, 2.24) is 9.97 Å². The molecular weight excluding hydrogens is 220 g/mol. The van der Waals surface area contributed by atoms with Crippen LogP contribution in [-0.2, 0) is 0 Å². The number of nitrogens with one attached hydrogen (secondary N) is 1. The molecule has 3 nitrogen and oxygen atoms in total. The number of halogens is 1. The lowest BCUT2D eigenvalue weighted by Gasteiger charge is -1.95. The zero-order valence-electron chi connectivity index (χ0n) is 6.04. The fraction of sp³-hybridized carbons (Fsp3) is 0. The third kappa shape index (κ3) is 1.25. The third-order valence-electron chi connectivity index (χ3n) is 1.57. The van der Waals surface area contributed by atoms with Crippen molar-refractivity contribution in [3.63, 3.8) is 0 Å². The summed E-state index contributed by atoms with van der Waals surface area (Å²) in [5.41, 5.74) is 0.699. The Morgan fingerprint density at radius 3 is 3.08 bits per heavy atom. The van der Waals surface area contributed by atoms with E-state index in [1.165, 1.54) is 6.07 Å². The maximum atomic E-state index is 10.9. The van der Waals surface area contributed by atoms with Gasteiger partial charge in [-0.2, -0.15) is 0 Å². The molecule has 4 heteroatoms. The number of fused-ring (bicyclic) bond motifs is 1. The molecule has 0 aliphatic rings. The van der Waals surface area contributed by atoms with Crippen LogP contribution in [0, 0.1) is 0 Å². The van der Waals surface area contributed by atoms with Gasteiger partial charge in [0, 0.05) is 17.6 Å². The summed E-state index contributed by atoms with van der Waals surface area (Å²) in [4.78, 5) is 17.6. The van der Waals surface area contributed by atoms with E-state index in [1.54, 1.807) is 18.3 Å². The molecule has 12 heavy (non-hydrogen) atoms.